The van der Waals surface area contributed by atoms with Gasteiger partial charge in [-0.2, -0.15) is 0 Å². The van der Waals surface area contributed by atoms with Gasteiger partial charge in [-0.25, -0.2) is 4.57 Å². The van der Waals surface area contributed by atoms with E-state index in [0.717, 1.165) is 77.0 Å². The van der Waals surface area contributed by atoms with E-state index in [1.807, 2.05) is 0 Å². The van der Waals surface area contributed by atoms with Crippen LogP contribution in [0.2, 0.25) is 0 Å². The molecule has 0 saturated heterocycles. The van der Waals surface area contributed by atoms with Crippen LogP contribution >= 0.6 is 7.82 Å². The molecule has 0 aromatic rings. The lowest BCUT2D eigenvalue weighted by Gasteiger charge is -2.41. The number of hydrogen-bond donors (Lipinski definition) is 6. The predicted octanol–water partition coefficient (Wildman–Crippen LogP) is 14.7. The second kappa shape index (κ2) is 50.3. The highest BCUT2D eigenvalue weighted by molar-refractivity contribution is 7.47. The van der Waals surface area contributed by atoms with E-state index < -0.39 is 63.1 Å². The molecule has 0 amide bonds. The molecule has 0 aromatic heterocycles. The number of unbranched alkanes of at least 4 members (excludes halogenated alkanes) is 27. The molecule has 430 valence electrons. The van der Waals surface area contributed by atoms with Crippen LogP contribution in [-0.2, 0) is 27.9 Å². The van der Waals surface area contributed by atoms with Crippen LogP contribution in [0.25, 0.3) is 0 Å². The van der Waals surface area contributed by atoms with Crippen LogP contribution in [0.1, 0.15) is 245 Å². The highest BCUT2D eigenvalue weighted by atomic mass is 31.2. The number of phosphoric acid groups is 1. The van der Waals surface area contributed by atoms with Crippen molar-refractivity contribution < 1.29 is 58.3 Å². The standard InChI is InChI=1S/C61H109O12P/c1-3-5-7-9-11-13-15-17-19-21-23-25-27-29-31-33-35-37-39-41-43-45-47-49-51-70-52-54(53-71-74(68,69)73-61-59(66)57(64)56(63)58(65)60(61)67)72-55(62)50-48-46-44-42-40-38-36-34-32-30-28-26-24-22-20-18-16-14-12-10-8-6-4-2/h6,8,12,14-15,17-18,20-21,23-24,26,54,56-61,63-67H,3-5,7,9-11,13,16,19,22,25,27-53H2,1-2H3,(H,68,69)/b8-6-,14-12-,17-15-,20-18-,23-21-,26-24-. The third-order valence-corrected chi connectivity index (χ3v) is 14.5. The van der Waals surface area contributed by atoms with Crippen molar-refractivity contribution in [3.8, 4) is 0 Å². The number of rotatable bonds is 51. The van der Waals surface area contributed by atoms with Gasteiger partial charge in [0.15, 0.2) is 0 Å². The minimum absolute atomic E-state index is 0.0812. The molecule has 13 heteroatoms. The first kappa shape index (κ1) is 69.8. The van der Waals surface area contributed by atoms with Gasteiger partial charge in [-0.1, -0.05) is 228 Å². The first-order chi connectivity index (χ1) is 36.0. The average molecular weight is 1070 g/mol. The van der Waals surface area contributed by atoms with Crippen molar-refractivity contribution in [3.63, 3.8) is 0 Å². The van der Waals surface area contributed by atoms with E-state index in [9.17, 15) is 39.8 Å². The summed E-state index contributed by atoms with van der Waals surface area (Å²) in [5.74, 6) is -0.482. The van der Waals surface area contributed by atoms with Crippen LogP contribution in [0.5, 0.6) is 0 Å². The zero-order chi connectivity index (χ0) is 54.0. The second-order valence-corrected chi connectivity index (χ2v) is 21.9. The molecule has 1 aliphatic carbocycles. The number of aliphatic hydroxyl groups is 5. The second-order valence-electron chi connectivity index (χ2n) is 20.5. The van der Waals surface area contributed by atoms with Gasteiger partial charge in [0.25, 0.3) is 0 Å². The fourth-order valence-electron chi connectivity index (χ4n) is 8.91. The van der Waals surface area contributed by atoms with Crippen LogP contribution in [0.3, 0.4) is 0 Å². The maximum atomic E-state index is 12.9. The Morgan fingerprint density at radius 1 is 0.446 bits per heavy atom. The lowest BCUT2D eigenvalue weighted by molar-refractivity contribution is -0.220. The van der Waals surface area contributed by atoms with Crippen molar-refractivity contribution in [3.05, 3.63) is 72.9 Å². The number of esters is 1. The van der Waals surface area contributed by atoms with E-state index in [2.05, 4.69) is 86.8 Å². The molecule has 1 aliphatic rings. The summed E-state index contributed by atoms with van der Waals surface area (Å²) in [4.78, 5) is 23.4. The summed E-state index contributed by atoms with van der Waals surface area (Å²) < 4.78 is 34.5. The highest BCUT2D eigenvalue weighted by Gasteiger charge is 2.51. The molecule has 1 fully saturated rings. The minimum atomic E-state index is -5.03. The van der Waals surface area contributed by atoms with Gasteiger partial charge in [-0.15, -0.1) is 0 Å². The van der Waals surface area contributed by atoms with Crippen molar-refractivity contribution in [1.82, 2.24) is 0 Å². The summed E-state index contributed by atoms with van der Waals surface area (Å²) in [6, 6.07) is 0. The van der Waals surface area contributed by atoms with E-state index in [1.54, 1.807) is 0 Å². The molecule has 1 saturated carbocycles. The third-order valence-electron chi connectivity index (χ3n) is 13.6. The topological polar surface area (TPSA) is 192 Å². The Labute approximate surface area is 450 Å². The Morgan fingerprint density at radius 3 is 1.22 bits per heavy atom. The summed E-state index contributed by atoms with van der Waals surface area (Å²) in [7, 11) is -5.03. The quantitative estimate of drug-likeness (QED) is 0.0146. The monoisotopic (exact) mass is 1060 g/mol. The lowest BCUT2D eigenvalue weighted by atomic mass is 9.85. The number of phosphoric ester groups is 1. The van der Waals surface area contributed by atoms with Crippen LogP contribution in [0, 0.1) is 0 Å². The molecular weight excluding hydrogens is 956 g/mol. The van der Waals surface area contributed by atoms with Crippen LogP contribution in [0.4, 0.5) is 0 Å². The Bertz CT molecular complexity index is 1500. The van der Waals surface area contributed by atoms with Gasteiger partial charge in [0.05, 0.1) is 13.2 Å². The third kappa shape index (κ3) is 41.0. The van der Waals surface area contributed by atoms with Crippen molar-refractivity contribution in [1.29, 1.82) is 0 Å². The number of ether oxygens (including phenoxy) is 2. The maximum absolute atomic E-state index is 12.9. The summed E-state index contributed by atoms with van der Waals surface area (Å²) in [5, 5.41) is 50.5. The Hall–Kier alpha value is -2.22. The van der Waals surface area contributed by atoms with E-state index in [1.165, 1.54) is 141 Å². The fraction of sp³-hybridized carbons (Fsp3) is 0.787. The van der Waals surface area contributed by atoms with Crippen molar-refractivity contribution in [2.45, 2.75) is 288 Å². The van der Waals surface area contributed by atoms with E-state index in [-0.39, 0.29) is 13.0 Å². The Morgan fingerprint density at radius 2 is 0.797 bits per heavy atom. The summed E-state index contributed by atoms with van der Waals surface area (Å²) in [5.41, 5.74) is 0. The fourth-order valence-corrected chi connectivity index (χ4v) is 9.88. The van der Waals surface area contributed by atoms with Gasteiger partial charge in [0, 0.05) is 13.0 Å². The molecule has 0 bridgehead atoms. The van der Waals surface area contributed by atoms with Gasteiger partial charge in [0.2, 0.25) is 0 Å². The molecule has 6 unspecified atom stereocenters. The van der Waals surface area contributed by atoms with Gasteiger partial charge in [0.1, 0.15) is 42.7 Å². The molecule has 0 spiro atoms. The molecule has 0 radical (unpaired) electrons. The smallest absolute Gasteiger partial charge is 0.457 e. The molecular formula is C61H109O12P. The Balaban J connectivity index is 2.27. The zero-order valence-electron chi connectivity index (χ0n) is 46.6. The van der Waals surface area contributed by atoms with Crippen LogP contribution in [0.15, 0.2) is 72.9 Å². The summed E-state index contributed by atoms with van der Waals surface area (Å²) >= 11 is 0. The van der Waals surface area contributed by atoms with E-state index in [0.29, 0.717) is 13.0 Å². The molecule has 6 atom stereocenters. The molecule has 0 aliphatic heterocycles. The average Bonchev–Trinajstić information content (AvgIpc) is 3.39. The zero-order valence-corrected chi connectivity index (χ0v) is 47.5. The Kier molecular flexibility index (Phi) is 47.4. The first-order valence-electron chi connectivity index (χ1n) is 29.8. The van der Waals surface area contributed by atoms with Crippen LogP contribution < -0.4 is 0 Å². The maximum Gasteiger partial charge on any atom is 0.472 e. The molecule has 0 aromatic carbocycles. The molecule has 0 heterocycles. The molecule has 12 nitrogen and oxygen atoms in total. The lowest BCUT2D eigenvalue weighted by Crippen LogP contribution is -2.64. The normalized spacial score (nSPS) is 20.9. The minimum Gasteiger partial charge on any atom is -0.457 e. The van der Waals surface area contributed by atoms with Gasteiger partial charge < -0.3 is 39.9 Å². The summed E-state index contributed by atoms with van der Waals surface area (Å²) in [6.07, 6.45) is 55.4. The summed E-state index contributed by atoms with van der Waals surface area (Å²) in [6.45, 7) is 4.16. The molecule has 74 heavy (non-hydrogen) atoms. The van der Waals surface area contributed by atoms with Crippen LogP contribution in [-0.4, -0.2) is 98.9 Å². The van der Waals surface area contributed by atoms with E-state index >= 15 is 0 Å². The highest BCUT2D eigenvalue weighted by Crippen LogP contribution is 2.47. The molecule has 6 N–H and O–H groups in total. The number of allylic oxidation sites excluding steroid dienone is 12. The first-order valence-corrected chi connectivity index (χ1v) is 31.3. The largest absolute Gasteiger partial charge is 0.472 e. The SMILES string of the molecule is CC/C=C\C/C=C\C/C=C\C/C=C\CCCCCCCCCCCCC(=O)OC(COCCCCCCCCCCCCCC/C=C\C/C=C\CCCCCCC)COP(=O)(O)OC1C(O)C(O)C(O)C(O)C1O. The van der Waals surface area contributed by atoms with Crippen molar-refractivity contribution in [2.75, 3.05) is 19.8 Å². The van der Waals surface area contributed by atoms with E-state index in [4.69, 9.17) is 18.5 Å². The van der Waals surface area contributed by atoms with Crippen molar-refractivity contribution in [2.24, 2.45) is 0 Å². The van der Waals surface area contributed by atoms with Gasteiger partial charge in [-0.05, 0) is 83.5 Å². The van der Waals surface area contributed by atoms with Crippen molar-refractivity contribution >= 4 is 13.8 Å². The number of aliphatic hydroxyl groups excluding tert-OH is 5. The van der Waals surface area contributed by atoms with Gasteiger partial charge in [-0.3, -0.25) is 13.8 Å². The number of carbonyl (C=O) groups excluding carboxylic acids is 1. The van der Waals surface area contributed by atoms with Gasteiger partial charge >= 0.3 is 13.8 Å². The molecule has 1 rings (SSSR count). The number of hydrogen-bond acceptors (Lipinski definition) is 11. The number of carbonyl (C=O) groups is 1. The predicted molar refractivity (Wildman–Crippen MR) is 304 cm³/mol.